The van der Waals surface area contributed by atoms with E-state index < -0.39 is 35.1 Å². The predicted molar refractivity (Wildman–Crippen MR) is 260 cm³/mol. The fraction of sp³-hybridized carbons (Fsp3) is 0.898. The van der Waals surface area contributed by atoms with Gasteiger partial charge in [-0.2, -0.15) is 21.6 Å². The molecule has 3 saturated heterocycles. The molecule has 6 rings (SSSR count). The highest BCUT2D eigenvalue weighted by Crippen LogP contribution is 2.50. The standard InChI is InChI=1S/C16H29BO2.C12H24B2O4.C11H17F3O3S.C10H18O/c1-13(2)9-12(10-14(3,4)11-13)17-18-15(5,6)16(7,8)19-17;1-9(2)10(3,4)16-13(15-9)14-17-11(5,6)12(7,8)18-14;1-9(2)5-8(6-10(3,4)7-9)17-18(15,16)11(12,13)14;1-9(2)5-8(11)6-10(3,4)7-9/h9H,10-11H2,1-8H3;1-8H3;5H,6-7H2,1-4H3;5-7H2,1-4H3. The van der Waals surface area contributed by atoms with Gasteiger partial charge in [-0.15, -0.1) is 0 Å². The Morgan fingerprint density at radius 2 is 0.773 bits per heavy atom. The Morgan fingerprint density at radius 1 is 0.470 bits per heavy atom. The molecule has 0 atom stereocenters. The molecule has 1 saturated carbocycles. The van der Waals surface area contributed by atoms with Crippen molar-refractivity contribution in [3.05, 3.63) is 23.4 Å². The SMILES string of the molecule is CC1(C)C=C(B2OC(C)(C)C(C)(C)O2)CC(C)(C)C1.CC1(C)C=C(OS(=O)(=O)C(F)(F)F)CC(C)(C)C1.CC1(C)CC(=O)CC(C)(C)C1.CC1(C)OB(B2OC(C)(C)C(C)(C)O2)OC1(C)C. The number of carbonyl (C=O) groups excluding carboxylic acids is 1. The molecule has 10 nitrogen and oxygen atoms in total. The summed E-state index contributed by atoms with van der Waals surface area (Å²) in [6.45, 7) is 50.1. The summed E-state index contributed by atoms with van der Waals surface area (Å²) in [4.78, 5) is 11.3. The maximum absolute atomic E-state index is 12.2. The maximum Gasteiger partial charge on any atom is 0.534 e. The van der Waals surface area contributed by atoms with E-state index in [0.717, 1.165) is 25.7 Å². The molecular formula is C49H88B3F3O10S. The largest absolute Gasteiger partial charge is 0.534 e. The summed E-state index contributed by atoms with van der Waals surface area (Å²) in [5.41, 5.74) is -5.68. The number of ketones is 1. The van der Waals surface area contributed by atoms with Crippen molar-refractivity contribution in [3.63, 3.8) is 0 Å². The summed E-state index contributed by atoms with van der Waals surface area (Å²) in [7, 11) is -6.69. The summed E-state index contributed by atoms with van der Waals surface area (Å²) in [6.07, 6.45) is 9.75. The minimum Gasteiger partial charge on any atom is -0.405 e. The van der Waals surface area contributed by atoms with Gasteiger partial charge in [0.05, 0.1) is 33.6 Å². The summed E-state index contributed by atoms with van der Waals surface area (Å²) >= 11 is 0. The third-order valence-corrected chi connectivity index (χ3v) is 15.5. The topological polar surface area (TPSA) is 116 Å². The monoisotopic (exact) mass is 959 g/mol. The van der Waals surface area contributed by atoms with Gasteiger partial charge in [0.1, 0.15) is 11.5 Å². The molecule has 0 radical (unpaired) electrons. The van der Waals surface area contributed by atoms with E-state index in [2.05, 4.69) is 93.3 Å². The van der Waals surface area contributed by atoms with Crippen molar-refractivity contribution >= 4 is 37.0 Å². The number of alkyl halides is 3. The minimum atomic E-state index is -5.57. The van der Waals surface area contributed by atoms with Crippen molar-refractivity contribution in [2.75, 3.05) is 0 Å². The summed E-state index contributed by atoms with van der Waals surface area (Å²) in [5.74, 6) is 0.305. The van der Waals surface area contributed by atoms with Crippen LogP contribution in [0.1, 0.15) is 211 Å². The van der Waals surface area contributed by atoms with Gasteiger partial charge in [0.25, 0.3) is 0 Å². The Bertz CT molecular complexity index is 1840. The van der Waals surface area contributed by atoms with Crippen molar-refractivity contribution in [1.29, 1.82) is 0 Å². The lowest BCUT2D eigenvalue weighted by Crippen LogP contribution is -2.41. The number of halogens is 3. The first-order chi connectivity index (χ1) is 28.8. The molecule has 0 aromatic carbocycles. The van der Waals surface area contributed by atoms with E-state index in [4.69, 9.17) is 27.9 Å². The van der Waals surface area contributed by atoms with E-state index in [1.807, 2.05) is 83.1 Å². The lowest BCUT2D eigenvalue weighted by molar-refractivity contribution is -0.127. The van der Waals surface area contributed by atoms with Crippen molar-refractivity contribution in [1.82, 2.24) is 0 Å². The second-order valence-corrected chi connectivity index (χ2v) is 29.1. The number of carbonyl (C=O) groups is 1. The van der Waals surface area contributed by atoms with Crippen LogP contribution in [0.5, 0.6) is 0 Å². The van der Waals surface area contributed by atoms with Crippen molar-refractivity contribution in [2.24, 2.45) is 32.5 Å². The highest BCUT2D eigenvalue weighted by atomic mass is 32.2. The van der Waals surface area contributed by atoms with Gasteiger partial charge in [-0.3, -0.25) is 4.79 Å². The molecule has 380 valence electrons. The summed E-state index contributed by atoms with van der Waals surface area (Å²) in [5, 5.41) is 0. The highest BCUT2D eigenvalue weighted by Gasteiger charge is 2.64. The molecule has 3 aliphatic carbocycles. The molecule has 6 aliphatic rings. The van der Waals surface area contributed by atoms with Crippen LogP contribution in [0, 0.1) is 32.5 Å². The Hall–Kier alpha value is -1.36. The quantitative estimate of drug-likeness (QED) is 0.153. The van der Waals surface area contributed by atoms with Crippen LogP contribution < -0.4 is 0 Å². The zero-order chi connectivity index (χ0) is 51.8. The zero-order valence-electron chi connectivity index (χ0n) is 45.5. The smallest absolute Gasteiger partial charge is 0.405 e. The van der Waals surface area contributed by atoms with Crippen molar-refractivity contribution < 1.29 is 58.5 Å². The second-order valence-electron chi connectivity index (χ2n) is 27.6. The van der Waals surface area contributed by atoms with Gasteiger partial charge in [0.2, 0.25) is 0 Å². The molecule has 0 unspecified atom stereocenters. The van der Waals surface area contributed by atoms with Crippen LogP contribution in [0.4, 0.5) is 13.2 Å². The predicted octanol–water partition coefficient (Wildman–Crippen LogP) is 13.0. The second kappa shape index (κ2) is 18.4. The molecule has 66 heavy (non-hydrogen) atoms. The van der Waals surface area contributed by atoms with Crippen LogP contribution >= 0.6 is 0 Å². The van der Waals surface area contributed by atoms with Gasteiger partial charge < -0.3 is 32.1 Å². The summed E-state index contributed by atoms with van der Waals surface area (Å²) in [6, 6.07) is 0. The zero-order valence-corrected chi connectivity index (χ0v) is 46.3. The Kier molecular flexibility index (Phi) is 16.4. The molecule has 3 aliphatic heterocycles. The molecule has 0 spiro atoms. The molecule has 3 heterocycles. The Balaban J connectivity index is 0.000000237. The number of hydrogen-bond donors (Lipinski definition) is 0. The van der Waals surface area contributed by atoms with E-state index in [1.165, 1.54) is 24.4 Å². The van der Waals surface area contributed by atoms with Gasteiger partial charge in [0.15, 0.2) is 0 Å². The van der Waals surface area contributed by atoms with E-state index in [1.54, 1.807) is 0 Å². The average molecular weight is 959 g/mol. The minimum absolute atomic E-state index is 0.131. The van der Waals surface area contributed by atoms with E-state index in [9.17, 15) is 26.4 Å². The normalized spacial score (nSPS) is 28.8. The fourth-order valence-corrected chi connectivity index (χ4v) is 11.2. The molecule has 0 aromatic rings. The lowest BCUT2D eigenvalue weighted by atomic mass is 9.49. The molecule has 0 N–H and O–H groups in total. The number of hydrogen-bond acceptors (Lipinski definition) is 10. The van der Waals surface area contributed by atoms with Gasteiger partial charge in [0, 0.05) is 19.3 Å². The average Bonchev–Trinajstić information content (AvgIpc) is 3.45. The molecule has 17 heteroatoms. The number of Topliss-reactive ketones (excluding diaryl/α,β-unsaturated/α-hetero) is 1. The lowest BCUT2D eigenvalue weighted by Gasteiger charge is -2.39. The van der Waals surface area contributed by atoms with Crippen LogP contribution in [0.15, 0.2) is 23.4 Å². The molecular weight excluding hydrogens is 870 g/mol. The van der Waals surface area contributed by atoms with Crippen LogP contribution in [0.2, 0.25) is 0 Å². The van der Waals surface area contributed by atoms with E-state index in [0.29, 0.717) is 11.2 Å². The Labute approximate surface area is 400 Å². The Morgan fingerprint density at radius 3 is 1.08 bits per heavy atom. The van der Waals surface area contributed by atoms with Gasteiger partial charge in [-0.25, -0.2) is 0 Å². The first-order valence-corrected chi connectivity index (χ1v) is 25.2. The molecule has 0 bridgehead atoms. The molecule has 0 amide bonds. The van der Waals surface area contributed by atoms with Gasteiger partial charge >= 0.3 is 36.8 Å². The maximum atomic E-state index is 12.2. The third-order valence-electron chi connectivity index (χ3n) is 14.5. The summed E-state index contributed by atoms with van der Waals surface area (Å²) < 4.78 is 99.1. The number of allylic oxidation sites excluding steroid dienone is 4. The first kappa shape index (κ1) is 59.0. The van der Waals surface area contributed by atoms with Gasteiger partial charge in [-0.05, 0) is 153 Å². The highest BCUT2D eigenvalue weighted by molar-refractivity contribution is 7.87. The third kappa shape index (κ3) is 15.1. The van der Waals surface area contributed by atoms with E-state index >= 15 is 0 Å². The molecule has 0 aromatic heterocycles. The van der Waals surface area contributed by atoms with Crippen LogP contribution in [0.25, 0.3) is 0 Å². The molecule has 4 fully saturated rings. The van der Waals surface area contributed by atoms with Crippen molar-refractivity contribution in [2.45, 2.75) is 250 Å². The van der Waals surface area contributed by atoms with Crippen LogP contribution in [0.3, 0.4) is 0 Å². The van der Waals surface area contributed by atoms with Crippen molar-refractivity contribution in [3.8, 4) is 0 Å². The first-order valence-electron chi connectivity index (χ1n) is 23.8. The van der Waals surface area contributed by atoms with E-state index in [-0.39, 0.29) is 74.6 Å². The van der Waals surface area contributed by atoms with Gasteiger partial charge in [-0.1, -0.05) is 89.2 Å². The van der Waals surface area contributed by atoms with Crippen LogP contribution in [-0.2, 0) is 47.0 Å². The number of rotatable bonds is 4. The fourth-order valence-electron chi connectivity index (χ4n) is 10.7. The van der Waals surface area contributed by atoms with Crippen LogP contribution in [-0.4, -0.2) is 74.5 Å².